The molecule has 2 aromatic carbocycles. The van der Waals surface area contributed by atoms with E-state index in [2.05, 4.69) is 9.72 Å². The molecule has 0 aliphatic carbocycles. The molecule has 0 bridgehead atoms. The lowest BCUT2D eigenvalue weighted by molar-refractivity contribution is 0.0590. The molecule has 0 atom stereocenters. The number of rotatable bonds is 5. The van der Waals surface area contributed by atoms with Crippen LogP contribution in [0.15, 0.2) is 36.4 Å². The van der Waals surface area contributed by atoms with Crippen LogP contribution in [0.1, 0.15) is 16.2 Å². The van der Waals surface area contributed by atoms with Crippen LogP contribution >= 0.6 is 0 Å². The molecular formula is C20H18F2N2O4. The first-order valence-electron chi connectivity index (χ1n) is 8.31. The molecule has 28 heavy (non-hydrogen) atoms. The predicted molar refractivity (Wildman–Crippen MR) is 98.6 cm³/mol. The number of hydrogen-bond donors (Lipinski definition) is 1. The van der Waals surface area contributed by atoms with Crippen LogP contribution in [0.3, 0.4) is 0 Å². The van der Waals surface area contributed by atoms with E-state index >= 15 is 0 Å². The molecule has 3 rings (SSSR count). The van der Waals surface area contributed by atoms with Crippen molar-refractivity contribution in [1.82, 2.24) is 9.88 Å². The summed E-state index contributed by atoms with van der Waals surface area (Å²) >= 11 is 0. The highest BCUT2D eigenvalue weighted by molar-refractivity contribution is 6.00. The number of ether oxygens (including phenoxy) is 2. The van der Waals surface area contributed by atoms with E-state index in [-0.39, 0.29) is 17.2 Å². The van der Waals surface area contributed by atoms with Crippen LogP contribution in [0.4, 0.5) is 8.78 Å². The van der Waals surface area contributed by atoms with Crippen LogP contribution < -0.4 is 4.74 Å². The van der Waals surface area contributed by atoms with Gasteiger partial charge < -0.3 is 19.5 Å². The van der Waals surface area contributed by atoms with E-state index in [0.717, 1.165) is 18.2 Å². The number of benzene rings is 2. The summed E-state index contributed by atoms with van der Waals surface area (Å²) in [7, 11) is 4.86. The SMILES string of the molecule is COC(=O)c1nc(CN(C)C)c2cc(Oc3cc(F)cc(F)c3)ccc2c1O. The second-order valence-corrected chi connectivity index (χ2v) is 6.40. The third-order valence-corrected chi connectivity index (χ3v) is 3.94. The van der Waals surface area contributed by atoms with Gasteiger partial charge >= 0.3 is 5.97 Å². The highest BCUT2D eigenvalue weighted by Gasteiger charge is 2.20. The van der Waals surface area contributed by atoms with Gasteiger partial charge in [-0.15, -0.1) is 0 Å². The van der Waals surface area contributed by atoms with Crippen molar-refractivity contribution in [2.75, 3.05) is 21.2 Å². The van der Waals surface area contributed by atoms with Crippen molar-refractivity contribution in [2.45, 2.75) is 6.54 Å². The van der Waals surface area contributed by atoms with Crippen molar-refractivity contribution < 1.29 is 28.2 Å². The van der Waals surface area contributed by atoms with Crippen LogP contribution in [-0.2, 0) is 11.3 Å². The first kappa shape index (κ1) is 19.5. The lowest BCUT2D eigenvalue weighted by atomic mass is 10.1. The maximum Gasteiger partial charge on any atom is 0.360 e. The van der Waals surface area contributed by atoms with E-state index in [4.69, 9.17) is 4.74 Å². The van der Waals surface area contributed by atoms with E-state index in [9.17, 15) is 18.7 Å². The summed E-state index contributed by atoms with van der Waals surface area (Å²) in [5, 5.41) is 11.4. The highest BCUT2D eigenvalue weighted by atomic mass is 19.1. The zero-order valence-electron chi connectivity index (χ0n) is 15.5. The predicted octanol–water partition coefficient (Wildman–Crippen LogP) is 3.86. The Balaban J connectivity index is 2.12. The fraction of sp³-hybridized carbons (Fsp3) is 0.200. The summed E-state index contributed by atoms with van der Waals surface area (Å²) in [6.07, 6.45) is 0. The molecule has 8 heteroatoms. The van der Waals surface area contributed by atoms with Crippen molar-refractivity contribution in [2.24, 2.45) is 0 Å². The van der Waals surface area contributed by atoms with Gasteiger partial charge in [0.15, 0.2) is 11.4 Å². The highest BCUT2D eigenvalue weighted by Crippen LogP contribution is 2.34. The van der Waals surface area contributed by atoms with Gasteiger partial charge in [0.1, 0.15) is 23.1 Å². The smallest absolute Gasteiger partial charge is 0.360 e. The molecule has 0 fully saturated rings. The minimum Gasteiger partial charge on any atom is -0.505 e. The number of esters is 1. The number of carbonyl (C=O) groups excluding carboxylic acids is 1. The van der Waals surface area contributed by atoms with Crippen molar-refractivity contribution in [1.29, 1.82) is 0 Å². The van der Waals surface area contributed by atoms with E-state index in [1.165, 1.54) is 13.2 Å². The summed E-state index contributed by atoms with van der Waals surface area (Å²) < 4.78 is 37.0. The molecule has 1 N–H and O–H groups in total. The molecule has 0 unspecified atom stereocenters. The Morgan fingerprint density at radius 2 is 1.75 bits per heavy atom. The van der Waals surface area contributed by atoms with E-state index < -0.39 is 17.6 Å². The number of aromatic hydroxyl groups is 1. The number of pyridine rings is 1. The molecular weight excluding hydrogens is 370 g/mol. The summed E-state index contributed by atoms with van der Waals surface area (Å²) in [5.41, 5.74) is 0.321. The first-order valence-corrected chi connectivity index (χ1v) is 8.31. The molecule has 3 aromatic rings. The van der Waals surface area contributed by atoms with Gasteiger partial charge in [0.2, 0.25) is 0 Å². The third-order valence-electron chi connectivity index (χ3n) is 3.94. The first-order chi connectivity index (χ1) is 13.3. The quantitative estimate of drug-likeness (QED) is 0.670. The number of aromatic nitrogens is 1. The number of hydrogen-bond acceptors (Lipinski definition) is 6. The van der Waals surface area contributed by atoms with Gasteiger partial charge in [-0.25, -0.2) is 18.6 Å². The molecule has 0 saturated carbocycles. The number of fused-ring (bicyclic) bond motifs is 1. The lowest BCUT2D eigenvalue weighted by Gasteiger charge is -2.15. The fourth-order valence-electron chi connectivity index (χ4n) is 2.79. The molecule has 1 aromatic heterocycles. The molecule has 0 aliphatic heterocycles. The topological polar surface area (TPSA) is 71.9 Å². The minimum atomic E-state index is -0.758. The molecule has 1 heterocycles. The Hall–Kier alpha value is -3.26. The zero-order valence-corrected chi connectivity index (χ0v) is 15.5. The maximum atomic E-state index is 13.4. The molecule has 0 aliphatic rings. The molecule has 0 amide bonds. The summed E-state index contributed by atoms with van der Waals surface area (Å²) in [6, 6.07) is 7.52. The van der Waals surface area contributed by atoms with Gasteiger partial charge in [-0.2, -0.15) is 0 Å². The minimum absolute atomic E-state index is 0.00521. The van der Waals surface area contributed by atoms with Crippen molar-refractivity contribution in [3.63, 3.8) is 0 Å². The summed E-state index contributed by atoms with van der Waals surface area (Å²) in [5.74, 6) is -2.29. The Morgan fingerprint density at radius 3 is 2.36 bits per heavy atom. The summed E-state index contributed by atoms with van der Waals surface area (Å²) in [4.78, 5) is 18.0. The van der Waals surface area contributed by atoms with E-state index in [1.807, 2.05) is 19.0 Å². The Labute approximate surface area is 159 Å². The van der Waals surface area contributed by atoms with Gasteiger partial charge in [0.25, 0.3) is 0 Å². The molecule has 0 radical (unpaired) electrons. The van der Waals surface area contributed by atoms with Gasteiger partial charge in [0.05, 0.1) is 12.8 Å². The van der Waals surface area contributed by atoms with Gasteiger partial charge in [0, 0.05) is 35.5 Å². The number of halogens is 2. The third kappa shape index (κ3) is 4.01. The maximum absolute atomic E-state index is 13.4. The second-order valence-electron chi connectivity index (χ2n) is 6.40. The van der Waals surface area contributed by atoms with E-state index in [1.54, 1.807) is 12.1 Å². The molecule has 6 nitrogen and oxygen atoms in total. The second kappa shape index (κ2) is 7.77. The van der Waals surface area contributed by atoms with Crippen LogP contribution in [0, 0.1) is 11.6 Å². The van der Waals surface area contributed by atoms with Crippen LogP contribution in [-0.4, -0.2) is 42.2 Å². The number of methoxy groups -OCH3 is 1. The van der Waals surface area contributed by atoms with Gasteiger partial charge in [-0.3, -0.25) is 0 Å². The van der Waals surface area contributed by atoms with Crippen molar-refractivity contribution >= 4 is 16.7 Å². The number of nitrogens with zero attached hydrogens (tertiary/aromatic N) is 2. The van der Waals surface area contributed by atoms with Gasteiger partial charge in [-0.05, 0) is 32.3 Å². The van der Waals surface area contributed by atoms with Crippen molar-refractivity contribution in [3.8, 4) is 17.2 Å². The Morgan fingerprint density at radius 1 is 1.07 bits per heavy atom. The fourth-order valence-corrected chi connectivity index (χ4v) is 2.79. The van der Waals surface area contributed by atoms with E-state index in [0.29, 0.717) is 28.8 Å². The van der Waals surface area contributed by atoms with Crippen LogP contribution in [0.5, 0.6) is 17.2 Å². The molecule has 0 saturated heterocycles. The van der Waals surface area contributed by atoms with Crippen LogP contribution in [0.25, 0.3) is 10.8 Å². The summed E-state index contributed by atoms with van der Waals surface area (Å²) in [6.45, 7) is 0.374. The molecule has 146 valence electrons. The lowest BCUT2D eigenvalue weighted by Crippen LogP contribution is -2.15. The molecule has 0 spiro atoms. The average molecular weight is 388 g/mol. The Bertz CT molecular complexity index is 1030. The monoisotopic (exact) mass is 388 g/mol. The standard InChI is InChI=1S/C20H18F2N2O4/c1-24(2)10-17-16-9-13(28-14-7-11(21)6-12(22)8-14)4-5-15(16)19(25)18(23-17)20(26)27-3/h4-9,25H,10H2,1-3H3. The zero-order chi connectivity index (χ0) is 20.4. The van der Waals surface area contributed by atoms with Crippen LogP contribution in [0.2, 0.25) is 0 Å². The average Bonchev–Trinajstić information content (AvgIpc) is 2.62. The van der Waals surface area contributed by atoms with Crippen molar-refractivity contribution in [3.05, 3.63) is 59.4 Å². The van der Waals surface area contributed by atoms with Gasteiger partial charge in [-0.1, -0.05) is 0 Å². The normalized spacial score (nSPS) is 11.1. The largest absolute Gasteiger partial charge is 0.505 e. The Kier molecular flexibility index (Phi) is 5.41. The number of carbonyl (C=O) groups is 1.